The summed E-state index contributed by atoms with van der Waals surface area (Å²) in [6.07, 6.45) is 4.55. The maximum atomic E-state index is 12.7. The van der Waals surface area contributed by atoms with Crippen LogP contribution in [0.5, 0.6) is 5.75 Å². The topological polar surface area (TPSA) is 66.8 Å². The van der Waals surface area contributed by atoms with E-state index in [1.165, 1.54) is 4.90 Å². The predicted octanol–water partition coefficient (Wildman–Crippen LogP) is 2.33. The van der Waals surface area contributed by atoms with E-state index < -0.39 is 17.8 Å². The zero-order valence-corrected chi connectivity index (χ0v) is 12.2. The van der Waals surface area contributed by atoms with Gasteiger partial charge in [-0.3, -0.25) is 9.59 Å². The second-order valence-electron chi connectivity index (χ2n) is 5.06. The number of methoxy groups -OCH3 is 1. The number of carboxylic acids is 1. The quantitative estimate of drug-likeness (QED) is 0.864. The Balaban J connectivity index is 2.26. The maximum absolute atomic E-state index is 12.7. The Morgan fingerprint density at radius 1 is 1.19 bits per heavy atom. The van der Waals surface area contributed by atoms with Gasteiger partial charge in [-0.25, -0.2) is 0 Å². The lowest BCUT2D eigenvalue weighted by atomic mass is 9.82. The number of nitrogens with zero attached hydrogens (tertiary/aromatic N) is 1. The number of aliphatic carboxylic acids is 1. The van der Waals surface area contributed by atoms with Crippen molar-refractivity contribution in [2.45, 2.75) is 12.8 Å². The van der Waals surface area contributed by atoms with Gasteiger partial charge in [0, 0.05) is 7.05 Å². The summed E-state index contributed by atoms with van der Waals surface area (Å²) in [5.74, 6) is -1.74. The van der Waals surface area contributed by atoms with Crippen LogP contribution in [0.2, 0.25) is 0 Å². The van der Waals surface area contributed by atoms with Crippen molar-refractivity contribution in [2.75, 3.05) is 19.1 Å². The van der Waals surface area contributed by atoms with Crippen LogP contribution in [-0.2, 0) is 9.59 Å². The number of amides is 1. The molecule has 1 aliphatic rings. The molecule has 2 atom stereocenters. The van der Waals surface area contributed by atoms with Gasteiger partial charge in [0.25, 0.3) is 0 Å². The summed E-state index contributed by atoms with van der Waals surface area (Å²) in [6, 6.07) is 7.20. The molecule has 2 unspecified atom stereocenters. The zero-order chi connectivity index (χ0) is 15.4. The molecule has 0 saturated carbocycles. The molecule has 1 N–H and O–H groups in total. The molecule has 112 valence electrons. The van der Waals surface area contributed by atoms with Crippen LogP contribution in [0.25, 0.3) is 0 Å². The van der Waals surface area contributed by atoms with Crippen molar-refractivity contribution in [1.29, 1.82) is 0 Å². The van der Waals surface area contributed by atoms with Gasteiger partial charge in [0.2, 0.25) is 5.91 Å². The molecule has 5 nitrogen and oxygen atoms in total. The minimum absolute atomic E-state index is 0.198. The molecular weight excluding hydrogens is 270 g/mol. The summed E-state index contributed by atoms with van der Waals surface area (Å²) in [4.78, 5) is 25.5. The molecule has 1 amide bonds. The van der Waals surface area contributed by atoms with Gasteiger partial charge in [0.05, 0.1) is 24.6 Å². The van der Waals surface area contributed by atoms with Gasteiger partial charge in [-0.15, -0.1) is 0 Å². The van der Waals surface area contributed by atoms with Gasteiger partial charge in [-0.05, 0) is 25.0 Å². The number of hydrogen-bond acceptors (Lipinski definition) is 3. The van der Waals surface area contributed by atoms with E-state index in [1.807, 2.05) is 24.3 Å². The van der Waals surface area contributed by atoms with Gasteiger partial charge in [0.1, 0.15) is 5.75 Å². The molecule has 0 aromatic heterocycles. The first-order chi connectivity index (χ1) is 10.1. The summed E-state index contributed by atoms with van der Waals surface area (Å²) in [5.41, 5.74) is 0.642. The molecule has 0 spiro atoms. The van der Waals surface area contributed by atoms with E-state index in [-0.39, 0.29) is 5.91 Å². The molecule has 5 heteroatoms. The Kier molecular flexibility index (Phi) is 4.62. The monoisotopic (exact) mass is 289 g/mol. The summed E-state index contributed by atoms with van der Waals surface area (Å²) in [5, 5.41) is 9.28. The lowest BCUT2D eigenvalue weighted by Gasteiger charge is -2.29. The standard InChI is InChI=1S/C16H19NO4/c1-17(13-9-5-6-10-14(13)21-2)15(18)11-7-3-4-8-12(11)16(19)20/h3-6,9-12H,7-8H2,1-2H3,(H,19,20). The highest BCUT2D eigenvalue weighted by Crippen LogP contribution is 2.32. The first-order valence-electron chi connectivity index (χ1n) is 6.84. The Bertz CT molecular complexity index is 567. The zero-order valence-electron chi connectivity index (χ0n) is 12.2. The third-order valence-corrected chi connectivity index (χ3v) is 3.84. The Hall–Kier alpha value is -2.30. The molecule has 0 radical (unpaired) electrons. The average molecular weight is 289 g/mol. The number of allylic oxidation sites excluding steroid dienone is 2. The Labute approximate surface area is 123 Å². The highest BCUT2D eigenvalue weighted by molar-refractivity contribution is 5.98. The van der Waals surface area contributed by atoms with Crippen LogP contribution in [0, 0.1) is 11.8 Å². The smallest absolute Gasteiger partial charge is 0.307 e. The van der Waals surface area contributed by atoms with Crippen LogP contribution < -0.4 is 9.64 Å². The van der Waals surface area contributed by atoms with Crippen molar-refractivity contribution in [3.05, 3.63) is 36.4 Å². The number of anilines is 1. The minimum Gasteiger partial charge on any atom is -0.495 e. The molecule has 21 heavy (non-hydrogen) atoms. The summed E-state index contributed by atoms with van der Waals surface area (Å²) < 4.78 is 5.25. The number of hydrogen-bond donors (Lipinski definition) is 1. The fraction of sp³-hybridized carbons (Fsp3) is 0.375. The second-order valence-corrected chi connectivity index (χ2v) is 5.06. The Morgan fingerprint density at radius 3 is 2.43 bits per heavy atom. The fourth-order valence-electron chi connectivity index (χ4n) is 2.63. The molecule has 0 aliphatic heterocycles. The number of benzene rings is 1. The van der Waals surface area contributed by atoms with E-state index in [0.29, 0.717) is 24.3 Å². The highest BCUT2D eigenvalue weighted by Gasteiger charge is 2.36. The highest BCUT2D eigenvalue weighted by atomic mass is 16.5. The normalized spacial score (nSPS) is 20.9. The number of para-hydroxylation sites is 2. The van der Waals surface area contributed by atoms with Crippen LogP contribution >= 0.6 is 0 Å². The number of ether oxygens (including phenoxy) is 1. The number of carbonyl (C=O) groups excluding carboxylic acids is 1. The van der Waals surface area contributed by atoms with Gasteiger partial charge in [-0.1, -0.05) is 24.3 Å². The van der Waals surface area contributed by atoms with Gasteiger partial charge < -0.3 is 14.7 Å². The lowest BCUT2D eigenvalue weighted by molar-refractivity contribution is -0.146. The van der Waals surface area contributed by atoms with E-state index >= 15 is 0 Å². The van der Waals surface area contributed by atoms with E-state index in [9.17, 15) is 14.7 Å². The SMILES string of the molecule is COc1ccccc1N(C)C(=O)C1CC=CCC1C(=O)O. The van der Waals surface area contributed by atoms with E-state index in [1.54, 1.807) is 26.3 Å². The second kappa shape index (κ2) is 6.43. The summed E-state index contributed by atoms with van der Waals surface area (Å²) in [7, 11) is 3.19. The van der Waals surface area contributed by atoms with E-state index in [2.05, 4.69) is 0 Å². The molecule has 0 bridgehead atoms. The van der Waals surface area contributed by atoms with Crippen molar-refractivity contribution in [3.8, 4) is 5.75 Å². The summed E-state index contributed by atoms with van der Waals surface area (Å²) in [6.45, 7) is 0. The Morgan fingerprint density at radius 2 is 1.81 bits per heavy atom. The van der Waals surface area contributed by atoms with Crippen LogP contribution in [0.4, 0.5) is 5.69 Å². The van der Waals surface area contributed by atoms with Gasteiger partial charge in [-0.2, -0.15) is 0 Å². The third-order valence-electron chi connectivity index (χ3n) is 3.84. The first kappa shape index (κ1) is 15.1. The molecule has 0 saturated heterocycles. The first-order valence-corrected chi connectivity index (χ1v) is 6.84. The van der Waals surface area contributed by atoms with Crippen molar-refractivity contribution >= 4 is 17.6 Å². The molecule has 1 aromatic rings. The average Bonchev–Trinajstić information content (AvgIpc) is 2.53. The fourth-order valence-corrected chi connectivity index (χ4v) is 2.63. The maximum Gasteiger partial charge on any atom is 0.307 e. The van der Waals surface area contributed by atoms with Crippen LogP contribution in [0.1, 0.15) is 12.8 Å². The molecule has 0 fully saturated rings. The van der Waals surface area contributed by atoms with Crippen molar-refractivity contribution in [3.63, 3.8) is 0 Å². The largest absolute Gasteiger partial charge is 0.495 e. The van der Waals surface area contributed by atoms with Crippen LogP contribution in [0.3, 0.4) is 0 Å². The predicted molar refractivity (Wildman–Crippen MR) is 79.4 cm³/mol. The lowest BCUT2D eigenvalue weighted by Crippen LogP contribution is -2.40. The molecule has 1 aliphatic carbocycles. The number of rotatable bonds is 4. The van der Waals surface area contributed by atoms with Crippen molar-refractivity contribution in [1.82, 2.24) is 0 Å². The van der Waals surface area contributed by atoms with Gasteiger partial charge >= 0.3 is 5.97 Å². The van der Waals surface area contributed by atoms with Crippen molar-refractivity contribution < 1.29 is 19.4 Å². The third kappa shape index (κ3) is 3.07. The molecular formula is C16H19NO4. The van der Waals surface area contributed by atoms with E-state index in [4.69, 9.17) is 4.74 Å². The van der Waals surface area contributed by atoms with Gasteiger partial charge in [0.15, 0.2) is 0 Å². The molecule has 1 aromatic carbocycles. The van der Waals surface area contributed by atoms with E-state index in [0.717, 1.165) is 0 Å². The molecule has 2 rings (SSSR count). The summed E-state index contributed by atoms with van der Waals surface area (Å²) >= 11 is 0. The van der Waals surface area contributed by atoms with Crippen molar-refractivity contribution in [2.24, 2.45) is 11.8 Å². The molecule has 0 heterocycles. The minimum atomic E-state index is -0.925. The van der Waals surface area contributed by atoms with Crippen LogP contribution in [-0.4, -0.2) is 31.1 Å². The number of carbonyl (C=O) groups is 2. The number of carboxylic acid groups (broad SMARTS) is 1. The van der Waals surface area contributed by atoms with Crippen LogP contribution in [0.15, 0.2) is 36.4 Å².